The molecular weight excluding hydrogens is 358 g/mol. The zero-order chi connectivity index (χ0) is 20.8. The van der Waals surface area contributed by atoms with Crippen molar-refractivity contribution in [3.63, 3.8) is 0 Å². The van der Waals surface area contributed by atoms with E-state index in [4.69, 9.17) is 4.74 Å². The summed E-state index contributed by atoms with van der Waals surface area (Å²) in [5.41, 5.74) is 5.49. The summed E-state index contributed by atoms with van der Waals surface area (Å²) in [7, 11) is 0. The van der Waals surface area contributed by atoms with Crippen molar-refractivity contribution in [1.82, 2.24) is 0 Å². The number of carbonyl (C=O) groups excluding carboxylic acids is 1. The lowest BCUT2D eigenvalue weighted by Crippen LogP contribution is -2.24. The second-order valence-corrected chi connectivity index (χ2v) is 7.83. The Morgan fingerprint density at radius 3 is 1.86 bits per heavy atom. The molecule has 0 bridgehead atoms. The molecule has 150 valence electrons. The Kier molecular flexibility index (Phi) is 6.71. The van der Waals surface area contributed by atoms with Crippen LogP contribution >= 0.6 is 0 Å². The van der Waals surface area contributed by atoms with Gasteiger partial charge in [0.25, 0.3) is 0 Å². The molecule has 3 heteroatoms. The third-order valence-electron chi connectivity index (χ3n) is 4.85. The van der Waals surface area contributed by atoms with Gasteiger partial charge in [-0.05, 0) is 42.2 Å². The molecule has 3 aromatic carbocycles. The number of nitrogens with zero attached hydrogens (tertiary/aromatic N) is 1. The molecule has 0 unspecified atom stereocenters. The van der Waals surface area contributed by atoms with Crippen molar-refractivity contribution in [3.05, 3.63) is 95.1 Å². The molecule has 0 amide bonds. The van der Waals surface area contributed by atoms with Gasteiger partial charge in [0, 0.05) is 13.1 Å². The monoisotopic (exact) mass is 387 g/mol. The molecule has 0 saturated carbocycles. The summed E-state index contributed by atoms with van der Waals surface area (Å²) in [6.45, 7) is 9.25. The van der Waals surface area contributed by atoms with Crippen LogP contribution in [0.1, 0.15) is 36.1 Å². The maximum absolute atomic E-state index is 12.4. The summed E-state index contributed by atoms with van der Waals surface area (Å²) >= 11 is 0. The van der Waals surface area contributed by atoms with E-state index in [0.29, 0.717) is 5.75 Å². The van der Waals surface area contributed by atoms with E-state index >= 15 is 0 Å². The minimum Gasteiger partial charge on any atom is -0.424 e. The van der Waals surface area contributed by atoms with Gasteiger partial charge in [0.15, 0.2) is 5.75 Å². The lowest BCUT2D eigenvalue weighted by atomic mass is 10.1. The van der Waals surface area contributed by atoms with E-state index in [9.17, 15) is 4.79 Å². The standard InChI is InChI=1S/C26H29NO2/c1-19(2)26(28)29-25-21(4)15-20(3)16-24(25)27(17-22-11-7-5-8-12-22)18-23-13-9-6-10-14-23/h5-16,19H,17-18H2,1-4H3. The molecule has 0 atom stereocenters. The smallest absolute Gasteiger partial charge is 0.313 e. The molecule has 29 heavy (non-hydrogen) atoms. The number of ether oxygens (including phenoxy) is 1. The zero-order valence-electron chi connectivity index (χ0n) is 17.7. The lowest BCUT2D eigenvalue weighted by Gasteiger charge is -2.28. The number of carbonyl (C=O) groups is 1. The van der Waals surface area contributed by atoms with Gasteiger partial charge in [0.05, 0.1) is 11.6 Å². The van der Waals surface area contributed by atoms with Gasteiger partial charge in [-0.25, -0.2) is 0 Å². The fourth-order valence-corrected chi connectivity index (χ4v) is 3.35. The van der Waals surface area contributed by atoms with Crippen molar-refractivity contribution in [2.45, 2.75) is 40.8 Å². The van der Waals surface area contributed by atoms with E-state index in [1.807, 2.05) is 32.9 Å². The number of hydrogen-bond donors (Lipinski definition) is 0. The third kappa shape index (κ3) is 5.47. The first-order valence-corrected chi connectivity index (χ1v) is 10.1. The fourth-order valence-electron chi connectivity index (χ4n) is 3.35. The zero-order valence-corrected chi connectivity index (χ0v) is 17.7. The van der Waals surface area contributed by atoms with E-state index in [-0.39, 0.29) is 11.9 Å². The summed E-state index contributed by atoms with van der Waals surface area (Å²) in [6, 6.07) is 24.9. The van der Waals surface area contributed by atoms with Crippen LogP contribution in [0.25, 0.3) is 0 Å². The molecule has 0 heterocycles. The minimum atomic E-state index is -0.211. The van der Waals surface area contributed by atoms with Crippen LogP contribution in [0.4, 0.5) is 5.69 Å². The van der Waals surface area contributed by atoms with E-state index < -0.39 is 0 Å². The molecule has 0 aliphatic carbocycles. The Hall–Kier alpha value is -3.07. The van der Waals surface area contributed by atoms with Crippen molar-refractivity contribution in [1.29, 1.82) is 0 Å². The molecule has 0 N–H and O–H groups in total. The minimum absolute atomic E-state index is 0.180. The predicted octanol–water partition coefficient (Wildman–Crippen LogP) is 6.07. The van der Waals surface area contributed by atoms with Crippen molar-refractivity contribution < 1.29 is 9.53 Å². The average molecular weight is 388 g/mol. The highest BCUT2D eigenvalue weighted by molar-refractivity contribution is 5.78. The van der Waals surface area contributed by atoms with E-state index in [2.05, 4.69) is 72.5 Å². The summed E-state index contributed by atoms with van der Waals surface area (Å²) in [5, 5.41) is 0. The van der Waals surface area contributed by atoms with E-state index in [0.717, 1.165) is 29.9 Å². The highest BCUT2D eigenvalue weighted by atomic mass is 16.5. The van der Waals surface area contributed by atoms with Gasteiger partial charge >= 0.3 is 5.97 Å². The summed E-state index contributed by atoms with van der Waals surface area (Å²) < 4.78 is 5.87. The number of hydrogen-bond acceptors (Lipinski definition) is 3. The highest BCUT2D eigenvalue weighted by Gasteiger charge is 2.20. The van der Waals surface area contributed by atoms with Gasteiger partial charge in [0.2, 0.25) is 0 Å². The van der Waals surface area contributed by atoms with Crippen LogP contribution in [0.2, 0.25) is 0 Å². The first-order chi connectivity index (χ1) is 13.9. The van der Waals surface area contributed by atoms with Crippen molar-refractivity contribution in [2.24, 2.45) is 5.92 Å². The van der Waals surface area contributed by atoms with Crippen LogP contribution in [0.5, 0.6) is 5.75 Å². The predicted molar refractivity (Wildman–Crippen MR) is 119 cm³/mol. The molecule has 3 aromatic rings. The largest absolute Gasteiger partial charge is 0.424 e. The Morgan fingerprint density at radius 1 is 0.862 bits per heavy atom. The maximum Gasteiger partial charge on any atom is 0.313 e. The van der Waals surface area contributed by atoms with Crippen LogP contribution in [-0.2, 0) is 17.9 Å². The Balaban J connectivity index is 2.04. The third-order valence-corrected chi connectivity index (χ3v) is 4.85. The van der Waals surface area contributed by atoms with Crippen LogP contribution in [0, 0.1) is 19.8 Å². The fraction of sp³-hybridized carbons (Fsp3) is 0.269. The molecule has 0 aromatic heterocycles. The van der Waals surface area contributed by atoms with Crippen LogP contribution < -0.4 is 9.64 Å². The molecule has 0 aliphatic heterocycles. The normalized spacial score (nSPS) is 10.8. The van der Waals surface area contributed by atoms with E-state index in [1.54, 1.807) is 0 Å². The molecule has 3 nitrogen and oxygen atoms in total. The molecule has 0 radical (unpaired) electrons. The Morgan fingerprint density at radius 2 is 1.38 bits per heavy atom. The molecule has 0 aliphatic rings. The first kappa shape index (κ1) is 20.7. The van der Waals surface area contributed by atoms with Crippen molar-refractivity contribution in [3.8, 4) is 5.75 Å². The molecule has 3 rings (SSSR count). The number of anilines is 1. The van der Waals surface area contributed by atoms with Crippen LogP contribution in [0.15, 0.2) is 72.8 Å². The van der Waals surface area contributed by atoms with E-state index in [1.165, 1.54) is 11.1 Å². The summed E-state index contributed by atoms with van der Waals surface area (Å²) in [5.74, 6) is 0.263. The topological polar surface area (TPSA) is 29.5 Å². The number of rotatable bonds is 7. The first-order valence-electron chi connectivity index (χ1n) is 10.1. The number of aryl methyl sites for hydroxylation is 2. The lowest BCUT2D eigenvalue weighted by molar-refractivity contribution is -0.137. The van der Waals surface area contributed by atoms with Gasteiger partial charge in [-0.15, -0.1) is 0 Å². The van der Waals surface area contributed by atoms with Crippen LogP contribution in [-0.4, -0.2) is 5.97 Å². The van der Waals surface area contributed by atoms with Crippen molar-refractivity contribution >= 4 is 11.7 Å². The summed E-state index contributed by atoms with van der Waals surface area (Å²) in [6.07, 6.45) is 0. The molecular formula is C26H29NO2. The summed E-state index contributed by atoms with van der Waals surface area (Å²) in [4.78, 5) is 14.7. The van der Waals surface area contributed by atoms with Crippen LogP contribution in [0.3, 0.4) is 0 Å². The van der Waals surface area contributed by atoms with Crippen molar-refractivity contribution in [2.75, 3.05) is 4.90 Å². The average Bonchev–Trinajstić information content (AvgIpc) is 2.70. The van der Waals surface area contributed by atoms with Gasteiger partial charge in [-0.1, -0.05) is 80.6 Å². The number of benzene rings is 3. The van der Waals surface area contributed by atoms with Gasteiger partial charge < -0.3 is 9.64 Å². The quantitative estimate of drug-likeness (QED) is 0.364. The van der Waals surface area contributed by atoms with Gasteiger partial charge in [-0.2, -0.15) is 0 Å². The molecule has 0 spiro atoms. The van der Waals surface area contributed by atoms with Gasteiger partial charge in [-0.3, -0.25) is 4.79 Å². The Labute approximate surface area is 174 Å². The molecule has 0 saturated heterocycles. The second kappa shape index (κ2) is 9.42. The maximum atomic E-state index is 12.4. The Bertz CT molecular complexity index is 908. The second-order valence-electron chi connectivity index (χ2n) is 7.83. The highest BCUT2D eigenvalue weighted by Crippen LogP contribution is 2.36. The van der Waals surface area contributed by atoms with Gasteiger partial charge in [0.1, 0.15) is 0 Å². The number of esters is 1. The SMILES string of the molecule is Cc1cc(C)c(OC(=O)C(C)C)c(N(Cc2ccccc2)Cc2ccccc2)c1. The molecule has 0 fully saturated rings.